The molecule has 0 bridgehead atoms. The number of nitrogens with one attached hydrogen (secondary N) is 1. The molecule has 14 heavy (non-hydrogen) atoms. The van der Waals surface area contributed by atoms with Gasteiger partial charge in [-0.25, -0.2) is 4.79 Å². The number of hydrogen-bond donors (Lipinski definition) is 3. The normalized spacial score (nSPS) is 9.86. The second kappa shape index (κ2) is 8.65. The Labute approximate surface area is 83.8 Å². The second-order valence-corrected chi connectivity index (χ2v) is 2.98. The highest BCUT2D eigenvalue weighted by molar-refractivity contribution is 5.81. The fourth-order valence-electron chi connectivity index (χ4n) is 0.958. The molecule has 0 unspecified atom stereocenters. The van der Waals surface area contributed by atoms with E-state index in [2.05, 4.69) is 4.74 Å². The van der Waals surface area contributed by atoms with Crippen LogP contribution in [0.25, 0.3) is 0 Å². The quantitative estimate of drug-likeness (QED) is 0.294. The first-order valence-corrected chi connectivity index (χ1v) is 4.73. The average Bonchev–Trinajstić information content (AvgIpc) is 2.21. The summed E-state index contributed by atoms with van der Waals surface area (Å²) in [5.74, 6) is -0.613. The van der Waals surface area contributed by atoms with Gasteiger partial charge in [-0.1, -0.05) is 0 Å². The predicted octanol–water partition coefficient (Wildman–Crippen LogP) is 0.0608. The van der Waals surface area contributed by atoms with Crippen molar-refractivity contribution in [3.8, 4) is 0 Å². The molecule has 0 saturated heterocycles. The second-order valence-electron chi connectivity index (χ2n) is 2.98. The number of nitrogens with two attached hydrogens (primary N) is 1. The Kier molecular flexibility index (Phi) is 8.07. The van der Waals surface area contributed by atoms with Crippen molar-refractivity contribution in [2.75, 3.05) is 19.8 Å². The summed E-state index contributed by atoms with van der Waals surface area (Å²) in [7, 11) is 0. The first kappa shape index (κ1) is 13.1. The van der Waals surface area contributed by atoms with E-state index in [1.165, 1.54) is 0 Å². The molecule has 0 aromatic carbocycles. The number of ether oxygens (including phenoxy) is 1. The summed E-state index contributed by atoms with van der Waals surface area (Å²) in [6.45, 7) is 0.289. The van der Waals surface area contributed by atoms with Gasteiger partial charge in [0.25, 0.3) is 0 Å². The number of rotatable bonds is 8. The fourth-order valence-corrected chi connectivity index (χ4v) is 0.958. The molecule has 0 aromatic rings. The van der Waals surface area contributed by atoms with Crippen LogP contribution in [-0.4, -0.2) is 36.5 Å². The molecular formula is C9H18N2O3. The van der Waals surface area contributed by atoms with Crippen LogP contribution in [0, 0.1) is 5.41 Å². The van der Waals surface area contributed by atoms with Crippen LogP contribution in [0.3, 0.4) is 0 Å². The Hall–Kier alpha value is -0.940. The molecule has 0 aliphatic carbocycles. The number of aliphatic hydroxyl groups is 1. The number of hydrogen-bond acceptors (Lipinski definition) is 5. The van der Waals surface area contributed by atoms with Crippen LogP contribution in [0.15, 0.2) is 0 Å². The van der Waals surface area contributed by atoms with Crippen LogP contribution in [-0.2, 0) is 9.53 Å². The third-order valence-corrected chi connectivity index (χ3v) is 1.70. The molecule has 5 heteroatoms. The summed E-state index contributed by atoms with van der Waals surface area (Å²) in [5.41, 5.74) is 5.93. The van der Waals surface area contributed by atoms with Gasteiger partial charge in [0.15, 0.2) is 0 Å². The van der Waals surface area contributed by atoms with E-state index in [0.717, 1.165) is 6.42 Å². The number of aliphatic hydroxyl groups excluding tert-OH is 1. The van der Waals surface area contributed by atoms with Crippen molar-refractivity contribution in [2.24, 2.45) is 5.73 Å². The van der Waals surface area contributed by atoms with Crippen molar-refractivity contribution in [2.45, 2.75) is 25.7 Å². The molecule has 0 amide bonds. The zero-order valence-corrected chi connectivity index (χ0v) is 8.29. The van der Waals surface area contributed by atoms with Crippen molar-refractivity contribution >= 4 is 11.7 Å². The maximum atomic E-state index is 10.5. The number of carbonyl (C=O) groups is 1. The third kappa shape index (κ3) is 7.70. The monoisotopic (exact) mass is 202 g/mol. The Bertz CT molecular complexity index is 183. The van der Waals surface area contributed by atoms with Crippen LogP contribution in [0.2, 0.25) is 0 Å². The molecule has 5 nitrogen and oxygen atoms in total. The largest absolute Gasteiger partial charge is 0.464 e. The molecule has 4 N–H and O–H groups in total. The van der Waals surface area contributed by atoms with Gasteiger partial charge in [0.1, 0.15) is 6.61 Å². The molecule has 0 aliphatic heterocycles. The maximum absolute atomic E-state index is 10.5. The van der Waals surface area contributed by atoms with Crippen molar-refractivity contribution in [3.63, 3.8) is 0 Å². The summed E-state index contributed by atoms with van der Waals surface area (Å²) < 4.78 is 4.64. The Morgan fingerprint density at radius 2 is 2.00 bits per heavy atom. The molecule has 0 rings (SSSR count). The highest BCUT2D eigenvalue weighted by Crippen LogP contribution is 1.98. The van der Waals surface area contributed by atoms with Gasteiger partial charge in [0, 0.05) is 5.71 Å². The van der Waals surface area contributed by atoms with E-state index in [1.807, 2.05) is 0 Å². The molecule has 0 fully saturated rings. The van der Waals surface area contributed by atoms with Crippen LogP contribution in [0.5, 0.6) is 0 Å². The first-order valence-electron chi connectivity index (χ1n) is 4.73. The molecule has 0 radical (unpaired) electrons. The Morgan fingerprint density at radius 3 is 2.57 bits per heavy atom. The topological polar surface area (TPSA) is 96.4 Å². The maximum Gasteiger partial charge on any atom is 0.331 e. The molecule has 0 aromatic heterocycles. The van der Waals surface area contributed by atoms with Crippen LogP contribution in [0.4, 0.5) is 0 Å². The van der Waals surface area contributed by atoms with Gasteiger partial charge in [-0.2, -0.15) is 0 Å². The molecular weight excluding hydrogens is 184 g/mol. The molecule has 0 atom stereocenters. The van der Waals surface area contributed by atoms with Gasteiger partial charge in [-0.15, -0.1) is 0 Å². The molecule has 0 aliphatic rings. The SMILES string of the molecule is N=C(CCCN)CCCOC(=O)CO. The first-order chi connectivity index (χ1) is 6.70. The van der Waals surface area contributed by atoms with E-state index < -0.39 is 12.6 Å². The van der Waals surface area contributed by atoms with Crippen molar-refractivity contribution in [1.82, 2.24) is 0 Å². The third-order valence-electron chi connectivity index (χ3n) is 1.70. The predicted molar refractivity (Wildman–Crippen MR) is 53.3 cm³/mol. The van der Waals surface area contributed by atoms with Crippen LogP contribution in [0.1, 0.15) is 25.7 Å². The minimum Gasteiger partial charge on any atom is -0.464 e. The Balaban J connectivity index is 3.27. The van der Waals surface area contributed by atoms with Crippen molar-refractivity contribution in [1.29, 1.82) is 5.41 Å². The summed E-state index contributed by atoms with van der Waals surface area (Å²) in [4.78, 5) is 10.5. The van der Waals surface area contributed by atoms with Gasteiger partial charge in [-0.3, -0.25) is 0 Å². The summed E-state index contributed by atoms with van der Waals surface area (Å²) in [6, 6.07) is 0. The molecule has 0 heterocycles. The van der Waals surface area contributed by atoms with Crippen molar-refractivity contribution < 1.29 is 14.6 Å². The van der Waals surface area contributed by atoms with Gasteiger partial charge < -0.3 is 21.0 Å². The lowest BCUT2D eigenvalue weighted by atomic mass is 10.1. The molecule has 82 valence electrons. The average molecular weight is 202 g/mol. The standard InChI is InChI=1S/C9H18N2O3/c10-5-1-3-8(11)4-2-6-14-9(13)7-12/h11-12H,1-7,10H2. The zero-order chi connectivity index (χ0) is 10.8. The highest BCUT2D eigenvalue weighted by atomic mass is 16.5. The lowest BCUT2D eigenvalue weighted by molar-refractivity contribution is -0.146. The van der Waals surface area contributed by atoms with E-state index in [1.54, 1.807) is 0 Å². The van der Waals surface area contributed by atoms with Gasteiger partial charge in [0.2, 0.25) is 0 Å². The number of esters is 1. The van der Waals surface area contributed by atoms with E-state index in [9.17, 15) is 4.79 Å². The summed E-state index contributed by atoms with van der Waals surface area (Å²) in [5, 5.41) is 15.8. The smallest absolute Gasteiger partial charge is 0.331 e. The highest BCUT2D eigenvalue weighted by Gasteiger charge is 2.00. The van der Waals surface area contributed by atoms with E-state index in [4.69, 9.17) is 16.2 Å². The minimum atomic E-state index is -0.613. The lowest BCUT2D eigenvalue weighted by Gasteiger charge is -2.04. The van der Waals surface area contributed by atoms with E-state index >= 15 is 0 Å². The summed E-state index contributed by atoms with van der Waals surface area (Å²) in [6.07, 6.45) is 2.80. The minimum absolute atomic E-state index is 0.268. The van der Waals surface area contributed by atoms with Gasteiger partial charge >= 0.3 is 5.97 Å². The Morgan fingerprint density at radius 1 is 1.36 bits per heavy atom. The fraction of sp³-hybridized carbons (Fsp3) is 0.778. The van der Waals surface area contributed by atoms with E-state index in [0.29, 0.717) is 31.5 Å². The zero-order valence-electron chi connectivity index (χ0n) is 8.29. The van der Waals surface area contributed by atoms with Crippen LogP contribution >= 0.6 is 0 Å². The van der Waals surface area contributed by atoms with Crippen LogP contribution < -0.4 is 5.73 Å². The summed E-state index contributed by atoms with van der Waals surface area (Å²) >= 11 is 0. The van der Waals surface area contributed by atoms with Gasteiger partial charge in [0.05, 0.1) is 6.61 Å². The molecule has 0 spiro atoms. The van der Waals surface area contributed by atoms with Crippen molar-refractivity contribution in [3.05, 3.63) is 0 Å². The van der Waals surface area contributed by atoms with Gasteiger partial charge in [-0.05, 0) is 32.2 Å². The molecule has 0 saturated carbocycles. The number of carbonyl (C=O) groups excluding carboxylic acids is 1. The lowest BCUT2D eigenvalue weighted by Crippen LogP contribution is -2.11. The van der Waals surface area contributed by atoms with E-state index in [-0.39, 0.29) is 6.61 Å².